The van der Waals surface area contributed by atoms with Gasteiger partial charge in [0.15, 0.2) is 10.8 Å². The fraction of sp³-hybridized carbons (Fsp3) is 0.409. The first kappa shape index (κ1) is 21.6. The van der Waals surface area contributed by atoms with Gasteiger partial charge in [0, 0.05) is 40.9 Å². The van der Waals surface area contributed by atoms with Crippen LogP contribution in [0.4, 0.5) is 13.9 Å². The van der Waals surface area contributed by atoms with Crippen LogP contribution in [0.1, 0.15) is 54.8 Å². The number of hydrogen-bond donors (Lipinski definition) is 1. The molecular weight excluding hydrogens is 448 g/mol. The van der Waals surface area contributed by atoms with E-state index in [-0.39, 0.29) is 23.9 Å². The second-order valence-corrected chi connectivity index (χ2v) is 9.08. The van der Waals surface area contributed by atoms with Gasteiger partial charge in [-0.05, 0) is 39.7 Å². The zero-order valence-corrected chi connectivity index (χ0v) is 19.3. The lowest BCUT2D eigenvalue weighted by molar-refractivity contribution is -0.116. The minimum absolute atomic E-state index is 0.0707. The lowest BCUT2D eigenvalue weighted by Crippen LogP contribution is -2.19. The molecule has 0 spiro atoms. The summed E-state index contributed by atoms with van der Waals surface area (Å²) in [7, 11) is 0. The second kappa shape index (κ2) is 8.29. The number of hydrogen-bond acceptors (Lipinski definition) is 6. The number of nitrogens with zero attached hydrogens (tertiary/aromatic N) is 6. The fourth-order valence-electron chi connectivity index (χ4n) is 3.96. The number of nitrogens with one attached hydrogen (secondary N) is 1. The van der Waals surface area contributed by atoms with Gasteiger partial charge in [-0.3, -0.25) is 9.48 Å². The maximum atomic E-state index is 13.7. The van der Waals surface area contributed by atoms with Crippen LogP contribution in [0.5, 0.6) is 0 Å². The van der Waals surface area contributed by atoms with E-state index in [1.165, 1.54) is 22.1 Å². The summed E-state index contributed by atoms with van der Waals surface area (Å²) in [6.07, 6.45) is 1.18. The summed E-state index contributed by atoms with van der Waals surface area (Å²) in [6.45, 7) is 6.20. The van der Waals surface area contributed by atoms with Crippen molar-refractivity contribution in [3.8, 4) is 11.3 Å². The molecule has 1 N–H and O–H groups in total. The number of amides is 1. The minimum atomic E-state index is -2.63. The lowest BCUT2D eigenvalue weighted by atomic mass is 10.1. The summed E-state index contributed by atoms with van der Waals surface area (Å²) in [4.78, 5) is 21.8. The molecule has 0 unspecified atom stereocenters. The van der Waals surface area contributed by atoms with Crippen LogP contribution in [0, 0.1) is 13.8 Å². The third-order valence-corrected chi connectivity index (χ3v) is 6.51. The van der Waals surface area contributed by atoms with Crippen LogP contribution >= 0.6 is 11.3 Å². The second-order valence-electron chi connectivity index (χ2n) is 8.22. The monoisotopic (exact) mass is 471 g/mol. The third-order valence-electron chi connectivity index (χ3n) is 5.75. The smallest absolute Gasteiger partial charge is 0.264 e. The van der Waals surface area contributed by atoms with E-state index in [1.54, 1.807) is 6.92 Å². The number of rotatable bonds is 7. The molecule has 1 fully saturated rings. The van der Waals surface area contributed by atoms with Crippen LogP contribution in [0.2, 0.25) is 0 Å². The van der Waals surface area contributed by atoms with Crippen LogP contribution < -0.4 is 5.32 Å². The van der Waals surface area contributed by atoms with E-state index in [2.05, 4.69) is 25.5 Å². The normalized spacial score (nSPS) is 13.9. The standard InChI is InChI=1S/C22H23F2N7OS/c1-4-30-8-15(11(2)28-30)17-10-33-22(26-17)27-18(32)9-31-21-19(12(3)29-31)14(20(23)24)7-16(25-21)13-5-6-13/h7-8,10,13,20H,4-6,9H2,1-3H3,(H,26,27,32). The number of aromatic nitrogens is 6. The molecule has 4 aromatic rings. The van der Waals surface area contributed by atoms with E-state index in [0.717, 1.165) is 36.3 Å². The van der Waals surface area contributed by atoms with Crippen LogP contribution in [-0.4, -0.2) is 35.4 Å². The van der Waals surface area contributed by atoms with E-state index in [0.29, 0.717) is 27.6 Å². The van der Waals surface area contributed by atoms with Crippen LogP contribution in [0.3, 0.4) is 0 Å². The third kappa shape index (κ3) is 4.12. The number of carbonyl (C=O) groups is 1. The van der Waals surface area contributed by atoms with Gasteiger partial charge in [-0.25, -0.2) is 23.4 Å². The van der Waals surface area contributed by atoms with Gasteiger partial charge in [0.25, 0.3) is 6.43 Å². The van der Waals surface area contributed by atoms with Gasteiger partial charge in [0.2, 0.25) is 5.91 Å². The predicted octanol–water partition coefficient (Wildman–Crippen LogP) is 4.84. The molecule has 0 saturated heterocycles. The zero-order chi connectivity index (χ0) is 23.3. The Hall–Kier alpha value is -3.21. The molecule has 11 heteroatoms. The molecule has 8 nitrogen and oxygen atoms in total. The molecule has 33 heavy (non-hydrogen) atoms. The molecule has 0 bridgehead atoms. The molecule has 1 aliphatic carbocycles. The Morgan fingerprint density at radius 1 is 1.24 bits per heavy atom. The number of alkyl halides is 2. The number of halogens is 2. The van der Waals surface area contributed by atoms with Crippen LogP contribution in [-0.2, 0) is 17.9 Å². The van der Waals surface area contributed by atoms with Crippen molar-refractivity contribution < 1.29 is 13.6 Å². The highest BCUT2D eigenvalue weighted by molar-refractivity contribution is 7.14. The maximum Gasteiger partial charge on any atom is 0.264 e. The minimum Gasteiger partial charge on any atom is -0.300 e. The zero-order valence-electron chi connectivity index (χ0n) is 18.5. The molecule has 0 aliphatic heterocycles. The summed E-state index contributed by atoms with van der Waals surface area (Å²) >= 11 is 1.31. The van der Waals surface area contributed by atoms with Gasteiger partial charge < -0.3 is 5.32 Å². The number of fused-ring (bicyclic) bond motifs is 1. The molecular formula is C22H23F2N7OS. The molecule has 172 valence electrons. The van der Waals surface area contributed by atoms with Gasteiger partial charge >= 0.3 is 0 Å². The number of carbonyl (C=O) groups excluding carboxylic acids is 1. The Morgan fingerprint density at radius 2 is 2.03 bits per heavy atom. The summed E-state index contributed by atoms with van der Waals surface area (Å²) in [5.41, 5.74) is 3.85. The molecule has 0 atom stereocenters. The highest BCUT2D eigenvalue weighted by atomic mass is 32.1. The first-order valence-electron chi connectivity index (χ1n) is 10.8. The average molecular weight is 472 g/mol. The van der Waals surface area contributed by atoms with Gasteiger partial charge in [0.1, 0.15) is 6.54 Å². The van der Waals surface area contributed by atoms with Crippen molar-refractivity contribution in [3.05, 3.63) is 40.3 Å². The summed E-state index contributed by atoms with van der Waals surface area (Å²) in [5, 5.41) is 14.2. The van der Waals surface area contributed by atoms with Crippen molar-refractivity contribution in [2.24, 2.45) is 0 Å². The Labute approximate surface area is 192 Å². The van der Waals surface area contributed by atoms with E-state index < -0.39 is 6.43 Å². The topological polar surface area (TPSA) is 90.5 Å². The van der Waals surface area contributed by atoms with E-state index >= 15 is 0 Å². The number of anilines is 1. The lowest BCUT2D eigenvalue weighted by Gasteiger charge is -2.08. The quantitative estimate of drug-likeness (QED) is 0.416. The van der Waals surface area contributed by atoms with Crippen molar-refractivity contribution in [2.75, 3.05) is 5.32 Å². The molecule has 0 aromatic carbocycles. The molecule has 1 saturated carbocycles. The molecule has 4 aromatic heterocycles. The Morgan fingerprint density at radius 3 is 2.70 bits per heavy atom. The van der Waals surface area contributed by atoms with Gasteiger partial charge in [-0.1, -0.05) is 0 Å². The number of pyridine rings is 1. The van der Waals surface area contributed by atoms with Crippen molar-refractivity contribution in [1.82, 2.24) is 29.5 Å². The predicted molar refractivity (Wildman–Crippen MR) is 122 cm³/mol. The highest BCUT2D eigenvalue weighted by Crippen LogP contribution is 2.42. The first-order chi connectivity index (χ1) is 15.8. The Kier molecular flexibility index (Phi) is 5.43. The largest absolute Gasteiger partial charge is 0.300 e. The van der Waals surface area contributed by atoms with Crippen molar-refractivity contribution >= 4 is 33.4 Å². The number of thiazole rings is 1. The van der Waals surface area contributed by atoms with Gasteiger partial charge in [0.05, 0.1) is 22.5 Å². The van der Waals surface area contributed by atoms with Crippen LogP contribution in [0.15, 0.2) is 17.6 Å². The van der Waals surface area contributed by atoms with E-state index in [1.807, 2.05) is 30.1 Å². The van der Waals surface area contributed by atoms with Gasteiger partial charge in [-0.15, -0.1) is 11.3 Å². The SMILES string of the molecule is CCn1cc(-c2csc(NC(=O)Cn3nc(C)c4c(C(F)F)cc(C5CC5)nc43)n2)c(C)n1. The molecule has 5 rings (SSSR count). The van der Waals surface area contributed by atoms with Crippen molar-refractivity contribution in [3.63, 3.8) is 0 Å². The average Bonchev–Trinajstić information content (AvgIpc) is 3.31. The van der Waals surface area contributed by atoms with E-state index in [9.17, 15) is 13.6 Å². The molecule has 4 heterocycles. The summed E-state index contributed by atoms with van der Waals surface area (Å²) < 4.78 is 30.7. The van der Waals surface area contributed by atoms with Crippen LogP contribution in [0.25, 0.3) is 22.3 Å². The van der Waals surface area contributed by atoms with Crippen molar-refractivity contribution in [2.45, 2.75) is 59.0 Å². The molecule has 1 amide bonds. The van der Waals surface area contributed by atoms with Crippen molar-refractivity contribution in [1.29, 1.82) is 0 Å². The van der Waals surface area contributed by atoms with E-state index in [4.69, 9.17) is 0 Å². The molecule has 1 aliphatic rings. The maximum absolute atomic E-state index is 13.7. The van der Waals surface area contributed by atoms with Gasteiger partial charge in [-0.2, -0.15) is 10.2 Å². The summed E-state index contributed by atoms with van der Waals surface area (Å²) in [6, 6.07) is 1.49. The number of aryl methyl sites for hydroxylation is 3. The summed E-state index contributed by atoms with van der Waals surface area (Å²) in [5.74, 6) is -0.142. The highest BCUT2D eigenvalue weighted by Gasteiger charge is 2.29. The molecule has 0 radical (unpaired) electrons. The Bertz CT molecular complexity index is 1350. The Balaban J connectivity index is 1.39. The fourth-order valence-corrected chi connectivity index (χ4v) is 4.69. The first-order valence-corrected chi connectivity index (χ1v) is 11.7.